The molecule has 1 aromatic carbocycles. The van der Waals surface area contributed by atoms with Gasteiger partial charge in [-0.25, -0.2) is 0 Å². The number of aryl methyl sites for hydroxylation is 2. The summed E-state index contributed by atoms with van der Waals surface area (Å²) in [7, 11) is 0. The van der Waals surface area contributed by atoms with Crippen LogP contribution in [0.3, 0.4) is 0 Å². The summed E-state index contributed by atoms with van der Waals surface area (Å²) >= 11 is 0. The van der Waals surface area contributed by atoms with Crippen LogP contribution in [0.15, 0.2) is 18.2 Å². The Kier molecular flexibility index (Phi) is 2.71. The maximum atomic E-state index is 8.38. The zero-order chi connectivity index (χ0) is 8.97. The van der Waals surface area contributed by atoms with Gasteiger partial charge in [-0.15, -0.1) is 0 Å². The van der Waals surface area contributed by atoms with E-state index in [1.165, 1.54) is 11.1 Å². The van der Waals surface area contributed by atoms with Gasteiger partial charge >= 0.3 is 0 Å². The van der Waals surface area contributed by atoms with Crippen LogP contribution >= 0.6 is 0 Å². The molecule has 0 atom stereocenters. The lowest BCUT2D eigenvalue weighted by molar-refractivity contribution is 1.11. The van der Waals surface area contributed by atoms with E-state index in [1.807, 2.05) is 18.3 Å². The van der Waals surface area contributed by atoms with Crippen LogP contribution in [-0.2, 0) is 6.42 Å². The van der Waals surface area contributed by atoms with Gasteiger partial charge in [0.1, 0.15) is 0 Å². The molecule has 12 heavy (non-hydrogen) atoms. The zero-order valence-electron chi connectivity index (χ0n) is 7.39. The van der Waals surface area contributed by atoms with Crippen molar-refractivity contribution in [1.29, 1.82) is 5.26 Å². The fourth-order valence-electron chi connectivity index (χ4n) is 1.23. The van der Waals surface area contributed by atoms with Crippen LogP contribution in [0.4, 0.5) is 5.69 Å². The van der Waals surface area contributed by atoms with Crippen LogP contribution in [0.5, 0.6) is 0 Å². The van der Waals surface area contributed by atoms with Crippen molar-refractivity contribution in [3.63, 3.8) is 0 Å². The predicted molar refractivity (Wildman–Crippen MR) is 49.8 cm³/mol. The summed E-state index contributed by atoms with van der Waals surface area (Å²) in [6.07, 6.45) is 2.94. The van der Waals surface area contributed by atoms with Crippen LogP contribution in [0, 0.1) is 18.4 Å². The van der Waals surface area contributed by atoms with Crippen LogP contribution in [0.25, 0.3) is 0 Å². The Bertz CT molecular complexity index is 310. The maximum absolute atomic E-state index is 8.38. The van der Waals surface area contributed by atoms with Gasteiger partial charge in [-0.3, -0.25) is 5.32 Å². The van der Waals surface area contributed by atoms with Crippen molar-refractivity contribution >= 4 is 5.69 Å². The second kappa shape index (κ2) is 3.77. The third-order valence-electron chi connectivity index (χ3n) is 1.92. The average molecular weight is 160 g/mol. The molecule has 62 valence electrons. The second-order valence-corrected chi connectivity index (χ2v) is 2.73. The minimum atomic E-state index is 0.868. The van der Waals surface area contributed by atoms with Crippen molar-refractivity contribution in [1.82, 2.24) is 0 Å². The monoisotopic (exact) mass is 160 g/mol. The zero-order valence-corrected chi connectivity index (χ0v) is 7.39. The molecule has 0 aliphatic heterocycles. The van der Waals surface area contributed by atoms with E-state index in [-0.39, 0.29) is 0 Å². The highest BCUT2D eigenvalue weighted by Gasteiger charge is 1.96. The molecule has 0 radical (unpaired) electrons. The van der Waals surface area contributed by atoms with E-state index in [2.05, 4.69) is 25.2 Å². The van der Waals surface area contributed by atoms with E-state index < -0.39 is 0 Å². The highest BCUT2D eigenvalue weighted by molar-refractivity contribution is 5.50. The molecule has 0 saturated carbocycles. The van der Waals surface area contributed by atoms with E-state index in [0.717, 1.165) is 12.1 Å². The Morgan fingerprint density at radius 2 is 2.25 bits per heavy atom. The number of hydrogen-bond acceptors (Lipinski definition) is 2. The summed E-state index contributed by atoms with van der Waals surface area (Å²) < 4.78 is 0. The summed E-state index contributed by atoms with van der Waals surface area (Å²) in [5, 5.41) is 11.0. The predicted octanol–water partition coefficient (Wildman–Crippen LogP) is 2.45. The number of nitrogens with one attached hydrogen (secondary N) is 1. The number of rotatable bonds is 2. The number of hydrogen-bond donors (Lipinski definition) is 1. The fraction of sp³-hybridized carbons (Fsp3) is 0.300. The van der Waals surface area contributed by atoms with Gasteiger partial charge in [0.05, 0.1) is 0 Å². The van der Waals surface area contributed by atoms with Gasteiger partial charge in [0.15, 0.2) is 6.19 Å². The first-order chi connectivity index (χ1) is 5.77. The third-order valence-corrected chi connectivity index (χ3v) is 1.92. The molecular weight excluding hydrogens is 148 g/mol. The average Bonchev–Trinajstić information content (AvgIpc) is 2.05. The number of anilines is 1. The van der Waals surface area contributed by atoms with E-state index >= 15 is 0 Å². The SMILES string of the molecule is CCc1ccc(NC#N)cc1C. The van der Waals surface area contributed by atoms with Gasteiger partial charge in [-0.1, -0.05) is 13.0 Å². The van der Waals surface area contributed by atoms with E-state index in [1.54, 1.807) is 0 Å². The molecule has 0 aliphatic carbocycles. The Morgan fingerprint density at radius 3 is 2.75 bits per heavy atom. The molecule has 0 unspecified atom stereocenters. The summed E-state index contributed by atoms with van der Waals surface area (Å²) in [6, 6.07) is 5.96. The Balaban J connectivity index is 2.95. The van der Waals surface area contributed by atoms with Crippen molar-refractivity contribution in [2.24, 2.45) is 0 Å². The molecule has 1 N–H and O–H groups in total. The van der Waals surface area contributed by atoms with Crippen molar-refractivity contribution in [3.8, 4) is 6.19 Å². The molecule has 0 bridgehead atoms. The van der Waals surface area contributed by atoms with Crippen molar-refractivity contribution < 1.29 is 0 Å². The molecule has 0 saturated heterocycles. The molecule has 2 heteroatoms. The lowest BCUT2D eigenvalue weighted by atomic mass is 10.1. The van der Waals surface area contributed by atoms with E-state index in [9.17, 15) is 0 Å². The second-order valence-electron chi connectivity index (χ2n) is 2.73. The summed E-state index contributed by atoms with van der Waals surface area (Å²) in [5.74, 6) is 0. The molecule has 1 rings (SSSR count). The number of nitrogens with zero attached hydrogens (tertiary/aromatic N) is 1. The van der Waals surface area contributed by atoms with Gasteiger partial charge < -0.3 is 0 Å². The Hall–Kier alpha value is -1.49. The van der Waals surface area contributed by atoms with Crippen molar-refractivity contribution in [2.45, 2.75) is 20.3 Å². The van der Waals surface area contributed by atoms with Crippen molar-refractivity contribution in [3.05, 3.63) is 29.3 Å². The smallest absolute Gasteiger partial charge is 0.181 e. The highest BCUT2D eigenvalue weighted by Crippen LogP contribution is 2.14. The van der Waals surface area contributed by atoms with Crippen LogP contribution < -0.4 is 5.32 Å². The molecule has 0 aliphatic rings. The first kappa shape index (κ1) is 8.61. The standard InChI is InChI=1S/C10H12N2/c1-3-9-4-5-10(12-7-11)6-8(9)2/h4-6,12H,3H2,1-2H3. The molecule has 0 heterocycles. The highest BCUT2D eigenvalue weighted by atomic mass is 14.9. The maximum Gasteiger partial charge on any atom is 0.181 e. The first-order valence-corrected chi connectivity index (χ1v) is 4.02. The van der Waals surface area contributed by atoms with E-state index in [4.69, 9.17) is 5.26 Å². The lowest BCUT2D eigenvalue weighted by Crippen LogP contribution is -1.91. The van der Waals surface area contributed by atoms with Gasteiger partial charge in [-0.2, -0.15) is 5.26 Å². The Morgan fingerprint density at radius 1 is 1.50 bits per heavy atom. The minimum absolute atomic E-state index is 0.868. The first-order valence-electron chi connectivity index (χ1n) is 4.02. The quantitative estimate of drug-likeness (QED) is 0.532. The molecule has 0 spiro atoms. The molecular formula is C10H12N2. The van der Waals surface area contributed by atoms with Crippen LogP contribution in [0.1, 0.15) is 18.1 Å². The molecule has 1 aromatic rings. The normalized spacial score (nSPS) is 9.08. The van der Waals surface area contributed by atoms with E-state index in [0.29, 0.717) is 0 Å². The molecule has 0 amide bonds. The van der Waals surface area contributed by atoms with Gasteiger partial charge in [0.25, 0.3) is 0 Å². The van der Waals surface area contributed by atoms with Gasteiger partial charge in [0, 0.05) is 5.69 Å². The number of benzene rings is 1. The number of nitriles is 1. The molecule has 0 aromatic heterocycles. The lowest BCUT2D eigenvalue weighted by Gasteiger charge is -2.04. The third kappa shape index (κ3) is 1.76. The largest absolute Gasteiger partial charge is 0.293 e. The van der Waals surface area contributed by atoms with Gasteiger partial charge in [-0.05, 0) is 36.6 Å². The molecule has 2 nitrogen and oxygen atoms in total. The fourth-order valence-corrected chi connectivity index (χ4v) is 1.23. The molecule has 0 fully saturated rings. The van der Waals surface area contributed by atoms with Crippen LogP contribution in [0.2, 0.25) is 0 Å². The summed E-state index contributed by atoms with van der Waals surface area (Å²) in [4.78, 5) is 0. The summed E-state index contributed by atoms with van der Waals surface area (Å²) in [5.41, 5.74) is 3.43. The van der Waals surface area contributed by atoms with Gasteiger partial charge in [0.2, 0.25) is 0 Å². The Labute approximate surface area is 72.8 Å². The summed E-state index contributed by atoms with van der Waals surface area (Å²) in [6.45, 7) is 4.18. The minimum Gasteiger partial charge on any atom is -0.293 e. The van der Waals surface area contributed by atoms with Crippen molar-refractivity contribution in [2.75, 3.05) is 5.32 Å². The topological polar surface area (TPSA) is 35.8 Å². The van der Waals surface area contributed by atoms with Crippen LogP contribution in [-0.4, -0.2) is 0 Å².